The second-order valence-corrected chi connectivity index (χ2v) is 5.80. The van der Waals surface area contributed by atoms with Gasteiger partial charge < -0.3 is 5.32 Å². The van der Waals surface area contributed by atoms with E-state index in [1.807, 2.05) is 7.05 Å². The normalized spacial score (nSPS) is 12.4. The molecule has 0 aliphatic rings. The van der Waals surface area contributed by atoms with Crippen molar-refractivity contribution in [1.82, 2.24) is 5.32 Å². The summed E-state index contributed by atoms with van der Waals surface area (Å²) >= 11 is 0. The van der Waals surface area contributed by atoms with Crippen LogP contribution in [0.3, 0.4) is 0 Å². The van der Waals surface area contributed by atoms with Crippen molar-refractivity contribution >= 4 is 0 Å². The van der Waals surface area contributed by atoms with E-state index in [1.54, 1.807) is 0 Å². The van der Waals surface area contributed by atoms with E-state index in [2.05, 4.69) is 68.6 Å². The quantitative estimate of drug-likeness (QED) is 0.858. The smallest absolute Gasteiger partial charge is 0.00203 e. The number of nitrogens with one attached hydrogen (secondary N) is 1. The highest BCUT2D eigenvalue weighted by Crippen LogP contribution is 2.23. The van der Waals surface area contributed by atoms with Crippen LogP contribution >= 0.6 is 0 Å². The minimum Gasteiger partial charge on any atom is -0.319 e. The fourth-order valence-electron chi connectivity index (χ4n) is 2.68. The highest BCUT2D eigenvalue weighted by Gasteiger charge is 2.13. The van der Waals surface area contributed by atoms with Crippen LogP contribution in [0.25, 0.3) is 0 Å². The molecule has 0 fully saturated rings. The standard InChI is InChI=1S/C19H25N/c1-14-6-9-17(10-7-14)19(13-20-4)12-18-11-15(2)5-8-16(18)3/h5-11,19-20H,12-13H2,1-4H3. The first-order valence-electron chi connectivity index (χ1n) is 7.37. The zero-order valence-electron chi connectivity index (χ0n) is 13.0. The summed E-state index contributed by atoms with van der Waals surface area (Å²) < 4.78 is 0. The van der Waals surface area contributed by atoms with Crippen LogP contribution in [0, 0.1) is 20.8 Å². The van der Waals surface area contributed by atoms with Crippen molar-refractivity contribution in [3.63, 3.8) is 0 Å². The van der Waals surface area contributed by atoms with Crippen LogP contribution in [0.4, 0.5) is 0 Å². The second-order valence-electron chi connectivity index (χ2n) is 5.80. The molecule has 0 radical (unpaired) electrons. The summed E-state index contributed by atoms with van der Waals surface area (Å²) in [5, 5.41) is 3.34. The maximum Gasteiger partial charge on any atom is 0.00203 e. The van der Waals surface area contributed by atoms with Gasteiger partial charge in [-0.05, 0) is 50.9 Å². The number of likely N-dealkylation sites (N-methyl/N-ethyl adjacent to an activating group) is 1. The molecule has 1 unspecified atom stereocenters. The van der Waals surface area contributed by atoms with Crippen LogP contribution in [-0.2, 0) is 6.42 Å². The number of hydrogen-bond donors (Lipinski definition) is 1. The Kier molecular flexibility index (Phi) is 4.97. The summed E-state index contributed by atoms with van der Waals surface area (Å²) in [6.45, 7) is 7.53. The first kappa shape index (κ1) is 14.8. The highest BCUT2D eigenvalue weighted by atomic mass is 14.8. The zero-order valence-corrected chi connectivity index (χ0v) is 13.0. The van der Waals surface area contributed by atoms with Gasteiger partial charge in [-0.15, -0.1) is 0 Å². The number of rotatable bonds is 5. The molecule has 1 N–H and O–H groups in total. The van der Waals surface area contributed by atoms with Gasteiger partial charge in [0.25, 0.3) is 0 Å². The van der Waals surface area contributed by atoms with E-state index in [-0.39, 0.29) is 0 Å². The number of aryl methyl sites for hydroxylation is 3. The molecule has 1 atom stereocenters. The van der Waals surface area contributed by atoms with Gasteiger partial charge in [0.2, 0.25) is 0 Å². The van der Waals surface area contributed by atoms with E-state index in [0.29, 0.717) is 5.92 Å². The lowest BCUT2D eigenvalue weighted by atomic mass is 9.89. The van der Waals surface area contributed by atoms with Crippen LogP contribution in [0.15, 0.2) is 42.5 Å². The Balaban J connectivity index is 2.25. The fourth-order valence-corrected chi connectivity index (χ4v) is 2.68. The van der Waals surface area contributed by atoms with Crippen molar-refractivity contribution < 1.29 is 0 Å². The lowest BCUT2D eigenvalue weighted by Crippen LogP contribution is -2.19. The van der Waals surface area contributed by atoms with Crippen LogP contribution in [0.5, 0.6) is 0 Å². The van der Waals surface area contributed by atoms with Gasteiger partial charge in [-0.1, -0.05) is 53.6 Å². The summed E-state index contributed by atoms with van der Waals surface area (Å²) in [5.41, 5.74) is 6.95. The third kappa shape index (κ3) is 3.71. The van der Waals surface area contributed by atoms with Gasteiger partial charge >= 0.3 is 0 Å². The summed E-state index contributed by atoms with van der Waals surface area (Å²) in [4.78, 5) is 0. The van der Waals surface area contributed by atoms with Crippen LogP contribution < -0.4 is 5.32 Å². The molecular formula is C19H25N. The Morgan fingerprint density at radius 2 is 1.55 bits per heavy atom. The minimum atomic E-state index is 0.529. The van der Waals surface area contributed by atoms with Gasteiger partial charge in [-0.2, -0.15) is 0 Å². The maximum atomic E-state index is 3.34. The lowest BCUT2D eigenvalue weighted by Gasteiger charge is -2.19. The molecule has 2 aromatic rings. The topological polar surface area (TPSA) is 12.0 Å². The van der Waals surface area contributed by atoms with Gasteiger partial charge in [0.05, 0.1) is 0 Å². The average molecular weight is 267 g/mol. The van der Waals surface area contributed by atoms with E-state index in [4.69, 9.17) is 0 Å². The Morgan fingerprint density at radius 3 is 2.20 bits per heavy atom. The van der Waals surface area contributed by atoms with E-state index in [0.717, 1.165) is 13.0 Å². The Labute approximate surface area is 123 Å². The summed E-state index contributed by atoms with van der Waals surface area (Å²) in [6.07, 6.45) is 1.09. The van der Waals surface area contributed by atoms with Crippen molar-refractivity contribution in [3.8, 4) is 0 Å². The van der Waals surface area contributed by atoms with Crippen molar-refractivity contribution in [2.75, 3.05) is 13.6 Å². The predicted octanol–water partition coefficient (Wildman–Crippen LogP) is 4.16. The molecule has 106 valence electrons. The average Bonchev–Trinajstić information content (AvgIpc) is 2.43. The molecule has 0 spiro atoms. The largest absolute Gasteiger partial charge is 0.319 e. The molecule has 0 saturated heterocycles. The first-order chi connectivity index (χ1) is 9.60. The third-order valence-corrected chi connectivity index (χ3v) is 3.97. The molecule has 0 amide bonds. The predicted molar refractivity (Wildman–Crippen MR) is 87.5 cm³/mol. The van der Waals surface area contributed by atoms with E-state index >= 15 is 0 Å². The van der Waals surface area contributed by atoms with Crippen LogP contribution in [0.1, 0.15) is 33.7 Å². The second kappa shape index (κ2) is 6.71. The molecule has 0 bridgehead atoms. The van der Waals surface area contributed by atoms with E-state index in [9.17, 15) is 0 Å². The molecule has 0 saturated carbocycles. The Hall–Kier alpha value is -1.60. The molecule has 2 rings (SSSR count). The van der Waals surface area contributed by atoms with Crippen molar-refractivity contribution in [1.29, 1.82) is 0 Å². The third-order valence-electron chi connectivity index (χ3n) is 3.97. The monoisotopic (exact) mass is 267 g/mol. The van der Waals surface area contributed by atoms with Crippen molar-refractivity contribution in [3.05, 3.63) is 70.3 Å². The molecular weight excluding hydrogens is 242 g/mol. The van der Waals surface area contributed by atoms with Crippen LogP contribution in [0.2, 0.25) is 0 Å². The van der Waals surface area contributed by atoms with E-state index < -0.39 is 0 Å². The zero-order chi connectivity index (χ0) is 14.5. The fraction of sp³-hybridized carbons (Fsp3) is 0.368. The van der Waals surface area contributed by atoms with Gasteiger partial charge in [0.15, 0.2) is 0 Å². The summed E-state index contributed by atoms with van der Waals surface area (Å²) in [5.74, 6) is 0.529. The van der Waals surface area contributed by atoms with Crippen molar-refractivity contribution in [2.24, 2.45) is 0 Å². The maximum absolute atomic E-state index is 3.34. The lowest BCUT2D eigenvalue weighted by molar-refractivity contribution is 0.624. The SMILES string of the molecule is CNCC(Cc1cc(C)ccc1C)c1ccc(C)cc1. The molecule has 1 nitrogen and oxygen atoms in total. The molecule has 20 heavy (non-hydrogen) atoms. The molecule has 0 aliphatic heterocycles. The highest BCUT2D eigenvalue weighted by molar-refractivity contribution is 5.33. The van der Waals surface area contributed by atoms with Gasteiger partial charge in [0, 0.05) is 12.5 Å². The molecule has 0 heterocycles. The molecule has 0 aromatic heterocycles. The summed E-state index contributed by atoms with van der Waals surface area (Å²) in [7, 11) is 2.03. The van der Waals surface area contributed by atoms with Gasteiger partial charge in [0.1, 0.15) is 0 Å². The Morgan fingerprint density at radius 1 is 0.900 bits per heavy atom. The minimum absolute atomic E-state index is 0.529. The molecule has 2 aromatic carbocycles. The first-order valence-corrected chi connectivity index (χ1v) is 7.37. The molecule has 0 aliphatic carbocycles. The number of hydrogen-bond acceptors (Lipinski definition) is 1. The molecule has 1 heteroatoms. The van der Waals surface area contributed by atoms with Crippen LogP contribution in [-0.4, -0.2) is 13.6 Å². The van der Waals surface area contributed by atoms with Crippen molar-refractivity contribution in [2.45, 2.75) is 33.1 Å². The van der Waals surface area contributed by atoms with E-state index in [1.165, 1.54) is 27.8 Å². The van der Waals surface area contributed by atoms with Gasteiger partial charge in [-0.25, -0.2) is 0 Å². The Bertz CT molecular complexity index is 554. The van der Waals surface area contributed by atoms with Gasteiger partial charge in [-0.3, -0.25) is 0 Å². The number of benzene rings is 2. The summed E-state index contributed by atoms with van der Waals surface area (Å²) in [6, 6.07) is 15.7.